The van der Waals surface area contributed by atoms with Crippen molar-refractivity contribution in [1.82, 2.24) is 5.32 Å². The van der Waals surface area contributed by atoms with Gasteiger partial charge in [0, 0.05) is 13.0 Å². The van der Waals surface area contributed by atoms with E-state index in [0.29, 0.717) is 12.0 Å². The fourth-order valence-corrected chi connectivity index (χ4v) is 2.18. The molecule has 0 saturated heterocycles. The number of aliphatic carboxylic acids is 1. The van der Waals surface area contributed by atoms with E-state index in [-0.39, 0.29) is 31.0 Å². The molecule has 0 aliphatic heterocycles. The van der Waals surface area contributed by atoms with Crippen molar-refractivity contribution < 1.29 is 38.7 Å². The summed E-state index contributed by atoms with van der Waals surface area (Å²) in [5.41, 5.74) is 5.89. The van der Waals surface area contributed by atoms with Gasteiger partial charge in [0.1, 0.15) is 6.04 Å². The van der Waals surface area contributed by atoms with Gasteiger partial charge in [0.25, 0.3) is 0 Å². The van der Waals surface area contributed by atoms with E-state index in [4.69, 9.17) is 20.6 Å². The molecular formula is C13H19N2O8P. The molecule has 11 heteroatoms. The van der Waals surface area contributed by atoms with Gasteiger partial charge in [0.15, 0.2) is 11.5 Å². The van der Waals surface area contributed by atoms with Gasteiger partial charge < -0.3 is 25.8 Å². The number of hydrogen-bond acceptors (Lipinski definition) is 6. The summed E-state index contributed by atoms with van der Waals surface area (Å²) in [4.78, 5) is 39.4. The number of phenolic OH excluding ortho intramolecular Hbond substituents is 1. The van der Waals surface area contributed by atoms with Crippen molar-refractivity contribution in [3.63, 3.8) is 0 Å². The van der Waals surface area contributed by atoms with Crippen LogP contribution in [-0.4, -0.2) is 44.5 Å². The van der Waals surface area contributed by atoms with E-state index in [1.54, 1.807) is 0 Å². The molecule has 0 heterocycles. The van der Waals surface area contributed by atoms with Crippen LogP contribution in [0.4, 0.5) is 0 Å². The van der Waals surface area contributed by atoms with Gasteiger partial charge in [-0.3, -0.25) is 19.4 Å². The molecule has 0 spiro atoms. The molecule has 0 unspecified atom stereocenters. The zero-order chi connectivity index (χ0) is 18.3. The van der Waals surface area contributed by atoms with Gasteiger partial charge in [-0.25, -0.2) is 4.57 Å². The number of carboxylic acid groups (broad SMARTS) is 1. The number of aromatic hydroxyl groups is 1. The Morgan fingerprint density at radius 2 is 2.00 bits per heavy atom. The van der Waals surface area contributed by atoms with E-state index in [1.807, 2.05) is 0 Å². The Labute approximate surface area is 137 Å². The maximum atomic E-state index is 11.5. The summed E-state index contributed by atoms with van der Waals surface area (Å²) in [7, 11) is -4.76. The van der Waals surface area contributed by atoms with Crippen molar-refractivity contribution in [3.8, 4) is 11.5 Å². The molecule has 0 bridgehead atoms. The average Bonchev–Trinajstić information content (AvgIpc) is 2.46. The van der Waals surface area contributed by atoms with Crippen molar-refractivity contribution in [1.29, 1.82) is 0 Å². The van der Waals surface area contributed by atoms with Crippen LogP contribution in [0.1, 0.15) is 18.4 Å². The van der Waals surface area contributed by atoms with Crippen molar-refractivity contribution in [2.45, 2.75) is 25.3 Å². The van der Waals surface area contributed by atoms with Crippen LogP contribution in [0, 0.1) is 0 Å². The lowest BCUT2D eigenvalue weighted by atomic mass is 10.1. The lowest BCUT2D eigenvalue weighted by molar-refractivity contribution is -0.138. The summed E-state index contributed by atoms with van der Waals surface area (Å²) in [5, 5.41) is 20.8. The van der Waals surface area contributed by atoms with Gasteiger partial charge >= 0.3 is 13.8 Å². The van der Waals surface area contributed by atoms with E-state index < -0.39 is 25.6 Å². The molecular weight excluding hydrogens is 343 g/mol. The number of nitrogens with one attached hydrogen (secondary N) is 1. The fraction of sp³-hybridized carbons (Fsp3) is 0.385. The number of phenols is 1. The number of carboxylic acids is 1. The molecule has 0 radical (unpaired) electrons. The predicted octanol–water partition coefficient (Wildman–Crippen LogP) is -0.286. The molecule has 1 aromatic rings. The molecule has 134 valence electrons. The quantitative estimate of drug-likeness (QED) is 0.322. The zero-order valence-electron chi connectivity index (χ0n) is 12.6. The summed E-state index contributed by atoms with van der Waals surface area (Å²) in [5.74, 6) is -2.30. The van der Waals surface area contributed by atoms with Crippen molar-refractivity contribution in [3.05, 3.63) is 23.8 Å². The molecule has 1 aromatic carbocycles. The number of amides is 1. The molecule has 0 aliphatic rings. The minimum absolute atomic E-state index is 0.0201. The highest BCUT2D eigenvalue weighted by atomic mass is 31.2. The molecule has 0 aliphatic carbocycles. The Morgan fingerprint density at radius 1 is 1.33 bits per heavy atom. The van der Waals surface area contributed by atoms with Crippen LogP contribution in [-0.2, 0) is 20.6 Å². The van der Waals surface area contributed by atoms with Gasteiger partial charge in [-0.05, 0) is 30.5 Å². The third-order valence-corrected chi connectivity index (χ3v) is 3.41. The highest BCUT2D eigenvalue weighted by Gasteiger charge is 2.18. The van der Waals surface area contributed by atoms with Gasteiger partial charge in [-0.1, -0.05) is 6.07 Å². The summed E-state index contributed by atoms with van der Waals surface area (Å²) in [6, 6.07) is 2.86. The Morgan fingerprint density at radius 3 is 2.54 bits per heavy atom. The smallest absolute Gasteiger partial charge is 0.504 e. The normalized spacial score (nSPS) is 12.5. The lowest BCUT2D eigenvalue weighted by Crippen LogP contribution is -2.33. The summed E-state index contributed by atoms with van der Waals surface area (Å²) >= 11 is 0. The van der Waals surface area contributed by atoms with Crippen molar-refractivity contribution in [2.75, 3.05) is 6.54 Å². The molecule has 1 amide bonds. The minimum Gasteiger partial charge on any atom is -0.504 e. The Bertz CT molecular complexity index is 645. The number of phosphoric acid groups is 1. The molecule has 0 saturated carbocycles. The average molecular weight is 362 g/mol. The van der Waals surface area contributed by atoms with Crippen LogP contribution in [0.25, 0.3) is 0 Å². The van der Waals surface area contributed by atoms with E-state index in [0.717, 1.165) is 0 Å². The monoisotopic (exact) mass is 362 g/mol. The molecule has 10 nitrogen and oxygen atoms in total. The highest BCUT2D eigenvalue weighted by molar-refractivity contribution is 7.46. The van der Waals surface area contributed by atoms with Crippen LogP contribution < -0.4 is 15.6 Å². The SMILES string of the molecule is N[C@@H](CCC(=O)NCCc1ccc(OP(=O)(O)O)c(O)c1)C(=O)O. The first-order valence-electron chi connectivity index (χ1n) is 6.90. The van der Waals surface area contributed by atoms with Gasteiger partial charge in [0.05, 0.1) is 0 Å². The second-order valence-corrected chi connectivity index (χ2v) is 6.13. The first kappa shape index (κ1) is 19.9. The number of benzene rings is 1. The summed E-state index contributed by atoms with van der Waals surface area (Å²) < 4.78 is 15.0. The van der Waals surface area contributed by atoms with Crippen LogP contribution >= 0.6 is 7.82 Å². The molecule has 7 N–H and O–H groups in total. The minimum atomic E-state index is -4.76. The highest BCUT2D eigenvalue weighted by Crippen LogP contribution is 2.41. The number of carbonyl (C=O) groups is 2. The van der Waals surface area contributed by atoms with Crippen molar-refractivity contribution >= 4 is 19.7 Å². The lowest BCUT2D eigenvalue weighted by Gasteiger charge is -2.10. The van der Waals surface area contributed by atoms with Gasteiger partial charge in [-0.2, -0.15) is 0 Å². The largest absolute Gasteiger partial charge is 0.524 e. The van der Waals surface area contributed by atoms with E-state index in [1.165, 1.54) is 18.2 Å². The number of rotatable bonds is 9. The first-order valence-corrected chi connectivity index (χ1v) is 8.43. The predicted molar refractivity (Wildman–Crippen MR) is 82.3 cm³/mol. The zero-order valence-corrected chi connectivity index (χ0v) is 13.5. The van der Waals surface area contributed by atoms with E-state index in [9.17, 15) is 19.3 Å². The van der Waals surface area contributed by atoms with E-state index in [2.05, 4.69) is 9.84 Å². The third kappa shape index (κ3) is 7.42. The molecule has 0 fully saturated rings. The van der Waals surface area contributed by atoms with Crippen LogP contribution in [0.3, 0.4) is 0 Å². The topological polar surface area (TPSA) is 179 Å². The van der Waals surface area contributed by atoms with Crippen LogP contribution in [0.15, 0.2) is 18.2 Å². The first-order chi connectivity index (χ1) is 11.1. The number of nitrogens with two attached hydrogens (primary N) is 1. The second kappa shape index (κ2) is 8.65. The molecule has 1 atom stereocenters. The Kier molecular flexibility index (Phi) is 7.18. The maximum Gasteiger partial charge on any atom is 0.524 e. The third-order valence-electron chi connectivity index (χ3n) is 2.98. The van der Waals surface area contributed by atoms with Crippen molar-refractivity contribution in [2.24, 2.45) is 5.73 Å². The van der Waals surface area contributed by atoms with Crippen LogP contribution in [0.2, 0.25) is 0 Å². The summed E-state index contributed by atoms with van der Waals surface area (Å²) in [6.45, 7) is 0.235. The molecule has 0 aromatic heterocycles. The Hall–Kier alpha value is -2.13. The molecule has 24 heavy (non-hydrogen) atoms. The van der Waals surface area contributed by atoms with Crippen LogP contribution in [0.5, 0.6) is 11.5 Å². The second-order valence-electron chi connectivity index (χ2n) is 4.97. The summed E-state index contributed by atoms with van der Waals surface area (Å²) in [6.07, 6.45) is 0.352. The number of carbonyl (C=O) groups excluding carboxylic acids is 1. The van der Waals surface area contributed by atoms with Gasteiger partial charge in [-0.15, -0.1) is 0 Å². The fourth-order valence-electron chi connectivity index (χ4n) is 1.77. The van der Waals surface area contributed by atoms with E-state index >= 15 is 0 Å². The van der Waals surface area contributed by atoms with Gasteiger partial charge in [0.2, 0.25) is 5.91 Å². The molecule has 1 rings (SSSR count). The standard InChI is InChI=1S/C13H19N2O8P/c14-9(13(18)19)2-4-12(17)15-6-5-8-1-3-11(10(16)7-8)23-24(20,21)22/h1,3,7,9,16H,2,4-6,14H2,(H,15,17)(H,18,19)(H2,20,21,22)/t9-/m0/s1. The maximum absolute atomic E-state index is 11.5. The Balaban J connectivity index is 2.43. The number of phosphoric ester groups is 1. The number of hydrogen-bond donors (Lipinski definition) is 6.